The first-order chi connectivity index (χ1) is 9.56. The van der Waals surface area contributed by atoms with E-state index in [4.69, 9.17) is 11.6 Å². The first kappa shape index (κ1) is 14.0. The Morgan fingerprint density at radius 3 is 2.90 bits per heavy atom. The number of nitrogens with zero attached hydrogens (tertiary/aromatic N) is 1. The summed E-state index contributed by atoms with van der Waals surface area (Å²) in [5.41, 5.74) is 1.12. The molecule has 1 fully saturated rings. The Morgan fingerprint density at radius 1 is 1.45 bits per heavy atom. The molecule has 6 heteroatoms. The Balaban J connectivity index is 1.99. The van der Waals surface area contributed by atoms with Gasteiger partial charge in [-0.2, -0.15) is 0 Å². The maximum absolute atomic E-state index is 13.9. The molecule has 0 saturated heterocycles. The van der Waals surface area contributed by atoms with Gasteiger partial charge in [-0.3, -0.25) is 4.79 Å². The van der Waals surface area contributed by atoms with Gasteiger partial charge in [0.2, 0.25) is 0 Å². The fourth-order valence-corrected chi connectivity index (χ4v) is 2.99. The number of hydrogen-bond donors (Lipinski definition) is 1. The second kappa shape index (κ2) is 5.44. The van der Waals surface area contributed by atoms with Crippen molar-refractivity contribution in [1.29, 1.82) is 0 Å². The van der Waals surface area contributed by atoms with Crippen LogP contribution in [0.4, 0.5) is 4.39 Å². The Hall–Kier alpha value is -0.950. The van der Waals surface area contributed by atoms with Gasteiger partial charge in [0.25, 0.3) is 5.56 Å². The monoisotopic (exact) mass is 404 g/mol. The third-order valence-electron chi connectivity index (χ3n) is 3.29. The van der Waals surface area contributed by atoms with E-state index in [2.05, 4.69) is 9.97 Å². The zero-order valence-corrected chi connectivity index (χ0v) is 13.3. The Kier molecular flexibility index (Phi) is 3.81. The quantitative estimate of drug-likeness (QED) is 0.794. The van der Waals surface area contributed by atoms with Crippen LogP contribution >= 0.6 is 34.2 Å². The summed E-state index contributed by atoms with van der Waals surface area (Å²) >= 11 is 7.78. The lowest BCUT2D eigenvalue weighted by Gasteiger charge is -2.07. The molecule has 3 nitrogen and oxygen atoms in total. The fourth-order valence-electron chi connectivity index (χ4n) is 2.10. The summed E-state index contributed by atoms with van der Waals surface area (Å²) in [4.78, 5) is 19.1. The first-order valence-electron chi connectivity index (χ1n) is 6.27. The molecule has 1 heterocycles. The number of nitrogens with one attached hydrogen (secondary N) is 1. The molecule has 0 aliphatic heterocycles. The summed E-state index contributed by atoms with van der Waals surface area (Å²) in [6, 6.07) is 4.84. The van der Waals surface area contributed by atoms with Gasteiger partial charge >= 0.3 is 0 Å². The van der Waals surface area contributed by atoms with Gasteiger partial charge < -0.3 is 4.98 Å². The minimum absolute atomic E-state index is 0.0813. The largest absolute Gasteiger partial charge is 0.309 e. The average molecular weight is 405 g/mol. The molecule has 1 aliphatic rings. The zero-order valence-electron chi connectivity index (χ0n) is 10.4. The van der Waals surface area contributed by atoms with Crippen LogP contribution in [0.1, 0.15) is 35.8 Å². The van der Waals surface area contributed by atoms with Crippen LogP contribution < -0.4 is 5.56 Å². The number of rotatable bonds is 3. The third-order valence-corrected chi connectivity index (χ3v) is 4.63. The molecule has 0 unspecified atom stereocenters. The number of H-pyrrole nitrogens is 1. The Labute approximate surface area is 133 Å². The molecule has 104 valence electrons. The van der Waals surface area contributed by atoms with Crippen LogP contribution in [0.5, 0.6) is 0 Å². The molecule has 1 N–H and O–H groups in total. The van der Waals surface area contributed by atoms with Gasteiger partial charge in [-0.15, -0.1) is 0 Å². The van der Waals surface area contributed by atoms with Crippen molar-refractivity contribution in [1.82, 2.24) is 9.97 Å². The minimum atomic E-state index is -0.455. The zero-order chi connectivity index (χ0) is 14.3. The van der Waals surface area contributed by atoms with Crippen molar-refractivity contribution >= 4 is 34.2 Å². The van der Waals surface area contributed by atoms with Crippen LogP contribution in [-0.4, -0.2) is 9.97 Å². The number of halogens is 3. The van der Waals surface area contributed by atoms with Crippen molar-refractivity contribution in [3.05, 3.63) is 60.0 Å². The highest BCUT2D eigenvalue weighted by Crippen LogP contribution is 2.40. The Bertz CT molecular complexity index is 728. The first-order valence-corrected chi connectivity index (χ1v) is 7.73. The number of aromatic nitrogens is 2. The van der Waals surface area contributed by atoms with E-state index < -0.39 is 5.82 Å². The van der Waals surface area contributed by atoms with Crippen LogP contribution in [0.15, 0.2) is 23.0 Å². The third kappa shape index (κ3) is 2.74. The van der Waals surface area contributed by atoms with Gasteiger partial charge in [-0.1, -0.05) is 23.7 Å². The molecule has 0 radical (unpaired) electrons. The molecule has 20 heavy (non-hydrogen) atoms. The van der Waals surface area contributed by atoms with Gasteiger partial charge in [-0.05, 0) is 47.1 Å². The molecular weight excluding hydrogens is 394 g/mol. The molecule has 0 bridgehead atoms. The van der Waals surface area contributed by atoms with Crippen molar-refractivity contribution in [3.8, 4) is 0 Å². The van der Waals surface area contributed by atoms with Gasteiger partial charge in [0.1, 0.15) is 11.6 Å². The minimum Gasteiger partial charge on any atom is -0.309 e. The molecule has 1 saturated carbocycles. The van der Waals surface area contributed by atoms with Crippen molar-refractivity contribution < 1.29 is 4.39 Å². The van der Waals surface area contributed by atoms with Crippen LogP contribution in [0.25, 0.3) is 0 Å². The predicted molar refractivity (Wildman–Crippen MR) is 83.8 cm³/mol. The molecule has 1 aromatic heterocycles. The molecule has 2 aromatic rings. The summed E-state index contributed by atoms with van der Waals surface area (Å²) in [6.45, 7) is 0. The molecule has 3 rings (SSSR count). The van der Waals surface area contributed by atoms with E-state index in [-0.39, 0.29) is 17.0 Å². The lowest BCUT2D eigenvalue weighted by Crippen LogP contribution is -2.18. The Morgan fingerprint density at radius 2 is 2.20 bits per heavy atom. The smallest absolute Gasteiger partial charge is 0.264 e. The fraction of sp³-hybridized carbons (Fsp3) is 0.286. The second-order valence-corrected chi connectivity index (χ2v) is 6.36. The van der Waals surface area contributed by atoms with E-state index in [1.54, 1.807) is 12.1 Å². The van der Waals surface area contributed by atoms with Crippen molar-refractivity contribution in [2.24, 2.45) is 0 Å². The van der Waals surface area contributed by atoms with E-state index in [9.17, 15) is 9.18 Å². The summed E-state index contributed by atoms with van der Waals surface area (Å²) in [5.74, 6) is 0.411. The maximum atomic E-state index is 13.9. The summed E-state index contributed by atoms with van der Waals surface area (Å²) in [5, 5.41) is 0.0813. The van der Waals surface area contributed by atoms with E-state index >= 15 is 0 Å². The lowest BCUT2D eigenvalue weighted by molar-refractivity contribution is 0.612. The van der Waals surface area contributed by atoms with E-state index in [1.165, 1.54) is 6.07 Å². The SMILES string of the molecule is O=c1[nH]c(Cc2cccc(Cl)c2F)nc(C2CC2)c1I. The molecule has 0 spiro atoms. The normalized spacial score (nSPS) is 14.6. The lowest BCUT2D eigenvalue weighted by atomic mass is 10.1. The molecule has 1 aliphatic carbocycles. The molecule has 0 amide bonds. The van der Waals surface area contributed by atoms with Gasteiger partial charge in [0, 0.05) is 12.3 Å². The average Bonchev–Trinajstić information content (AvgIpc) is 3.23. The standard InChI is InChI=1S/C14H11ClFIN2O/c15-9-3-1-2-8(11(9)16)6-10-18-13(7-4-5-7)12(17)14(20)19-10/h1-3,7H,4-6H2,(H,18,19,20). The van der Waals surface area contributed by atoms with Crippen molar-refractivity contribution in [2.75, 3.05) is 0 Å². The highest BCUT2D eigenvalue weighted by Gasteiger charge is 2.28. The van der Waals surface area contributed by atoms with Crippen LogP contribution in [0.2, 0.25) is 5.02 Å². The number of hydrogen-bond acceptors (Lipinski definition) is 2. The summed E-state index contributed by atoms with van der Waals surface area (Å²) in [6.07, 6.45) is 2.37. The molecule has 1 aromatic carbocycles. The van der Waals surface area contributed by atoms with Gasteiger partial charge in [0.05, 0.1) is 14.3 Å². The summed E-state index contributed by atoms with van der Waals surface area (Å²) < 4.78 is 14.5. The van der Waals surface area contributed by atoms with Gasteiger partial charge in [-0.25, -0.2) is 9.37 Å². The molecule has 0 atom stereocenters. The van der Waals surface area contributed by atoms with Crippen LogP contribution in [-0.2, 0) is 6.42 Å². The second-order valence-electron chi connectivity index (χ2n) is 4.88. The highest BCUT2D eigenvalue weighted by atomic mass is 127. The predicted octanol–water partition coefficient (Wildman–Crippen LogP) is 3.64. The van der Waals surface area contributed by atoms with E-state index in [0.717, 1.165) is 18.5 Å². The maximum Gasteiger partial charge on any atom is 0.264 e. The number of benzene rings is 1. The number of aromatic amines is 1. The topological polar surface area (TPSA) is 45.8 Å². The van der Waals surface area contributed by atoms with Crippen LogP contribution in [0, 0.1) is 9.39 Å². The van der Waals surface area contributed by atoms with Crippen molar-refractivity contribution in [3.63, 3.8) is 0 Å². The molecular formula is C14H11ClFIN2O. The van der Waals surface area contributed by atoms with Gasteiger partial charge in [0.15, 0.2) is 0 Å². The van der Waals surface area contributed by atoms with Crippen molar-refractivity contribution in [2.45, 2.75) is 25.2 Å². The van der Waals surface area contributed by atoms with E-state index in [1.807, 2.05) is 22.6 Å². The van der Waals surface area contributed by atoms with Crippen LogP contribution in [0.3, 0.4) is 0 Å². The van der Waals surface area contributed by atoms with E-state index in [0.29, 0.717) is 20.9 Å². The summed E-state index contributed by atoms with van der Waals surface area (Å²) in [7, 11) is 0. The highest BCUT2D eigenvalue weighted by molar-refractivity contribution is 14.1.